The maximum absolute atomic E-state index is 13.2. The van der Waals surface area contributed by atoms with Gasteiger partial charge in [0, 0.05) is 15.6 Å². The molecule has 1 aromatic heterocycles. The summed E-state index contributed by atoms with van der Waals surface area (Å²) in [5.74, 6) is -1.94. The number of nitrogens with zero attached hydrogens (tertiary/aromatic N) is 3. The number of hydrogen-bond donors (Lipinski definition) is 2. The van der Waals surface area contributed by atoms with Gasteiger partial charge in [0.25, 0.3) is 5.91 Å². The van der Waals surface area contributed by atoms with Gasteiger partial charge >= 0.3 is 11.7 Å². The fourth-order valence-corrected chi connectivity index (χ4v) is 4.83. The lowest BCUT2D eigenvalue weighted by Crippen LogP contribution is -2.44. The molecule has 1 heterocycles. The van der Waals surface area contributed by atoms with E-state index >= 15 is 0 Å². The molecule has 13 heteroatoms. The molecule has 10 nitrogen and oxygen atoms in total. The first kappa shape index (κ1) is 29.9. The van der Waals surface area contributed by atoms with Crippen LogP contribution in [0.15, 0.2) is 88.6 Å². The van der Waals surface area contributed by atoms with Gasteiger partial charge in [-0.05, 0) is 65.5 Å². The van der Waals surface area contributed by atoms with Gasteiger partial charge < -0.3 is 15.8 Å². The number of carbonyl (C=O) groups excluding carboxylic acids is 3. The Morgan fingerprint density at radius 3 is 2.22 bits per heavy atom. The minimum Gasteiger partial charge on any atom is -0.442 e. The van der Waals surface area contributed by atoms with Gasteiger partial charge in [0.15, 0.2) is 6.73 Å². The molecule has 0 saturated heterocycles. The normalized spacial score (nSPS) is 12.1. The molecule has 0 spiro atoms. The first-order valence-electron chi connectivity index (χ1n) is 12.3. The number of carbonyl (C=O) groups is 3. The van der Waals surface area contributed by atoms with E-state index in [-0.39, 0.29) is 16.9 Å². The van der Waals surface area contributed by atoms with Crippen molar-refractivity contribution < 1.29 is 19.1 Å². The number of ether oxygens (including phenoxy) is 1. The van der Waals surface area contributed by atoms with E-state index in [1.165, 1.54) is 16.1 Å². The Labute approximate surface area is 248 Å². The van der Waals surface area contributed by atoms with Crippen LogP contribution in [0.2, 0.25) is 10.0 Å². The van der Waals surface area contributed by atoms with Gasteiger partial charge in [-0.25, -0.2) is 13.3 Å². The highest BCUT2D eigenvalue weighted by atomic mass is 35.5. The minimum absolute atomic E-state index is 0.0191. The summed E-state index contributed by atoms with van der Waals surface area (Å²) in [6.07, 6.45) is 0.298. The van der Waals surface area contributed by atoms with Crippen LogP contribution in [0, 0.1) is 0 Å². The lowest BCUT2D eigenvalue weighted by atomic mass is 10.1. The van der Waals surface area contributed by atoms with Gasteiger partial charge in [0.1, 0.15) is 6.54 Å². The summed E-state index contributed by atoms with van der Waals surface area (Å²) in [6, 6.07) is 21.4. The number of aromatic nitrogens is 2. The van der Waals surface area contributed by atoms with Gasteiger partial charge in [-0.2, -0.15) is 4.99 Å². The molecule has 0 unspecified atom stereocenters. The molecule has 41 heavy (non-hydrogen) atoms. The summed E-state index contributed by atoms with van der Waals surface area (Å²) < 4.78 is 7.67. The van der Waals surface area contributed by atoms with E-state index in [9.17, 15) is 19.2 Å². The SMILES string of the molecule is N[C@@H](Cc1ccccc1)C(=O)NCC(=O)OCn1c(=NC(=O)c2ccc(Cl)cc2)sn(Cc2ccc(Cl)cc2)c1=O. The summed E-state index contributed by atoms with van der Waals surface area (Å²) in [7, 11) is 0. The highest BCUT2D eigenvalue weighted by molar-refractivity contribution is 7.03. The van der Waals surface area contributed by atoms with Crippen LogP contribution in [0.4, 0.5) is 0 Å². The summed E-state index contributed by atoms with van der Waals surface area (Å²) >= 11 is 12.8. The molecule has 0 aliphatic rings. The zero-order valence-electron chi connectivity index (χ0n) is 21.5. The molecule has 4 aromatic rings. The molecule has 3 aromatic carbocycles. The molecule has 0 bridgehead atoms. The summed E-state index contributed by atoms with van der Waals surface area (Å²) in [6.45, 7) is -0.809. The smallest absolute Gasteiger partial charge is 0.342 e. The van der Waals surface area contributed by atoms with Crippen molar-refractivity contribution in [3.63, 3.8) is 0 Å². The van der Waals surface area contributed by atoms with Crippen molar-refractivity contribution in [3.05, 3.63) is 121 Å². The number of hydrogen-bond acceptors (Lipinski definition) is 7. The Kier molecular flexibility index (Phi) is 10.3. The molecule has 212 valence electrons. The van der Waals surface area contributed by atoms with Crippen molar-refractivity contribution in [3.8, 4) is 0 Å². The Balaban J connectivity index is 1.47. The molecule has 0 aliphatic heterocycles. The van der Waals surface area contributed by atoms with Crippen LogP contribution < -0.4 is 21.5 Å². The highest BCUT2D eigenvalue weighted by Crippen LogP contribution is 2.12. The van der Waals surface area contributed by atoms with E-state index in [4.69, 9.17) is 33.7 Å². The zero-order chi connectivity index (χ0) is 29.4. The van der Waals surface area contributed by atoms with Crippen molar-refractivity contribution in [1.29, 1.82) is 0 Å². The Hall–Kier alpha value is -4.03. The number of nitrogens with one attached hydrogen (secondary N) is 1. The highest BCUT2D eigenvalue weighted by Gasteiger charge is 2.17. The van der Waals surface area contributed by atoms with Crippen LogP contribution in [0.25, 0.3) is 0 Å². The largest absolute Gasteiger partial charge is 0.442 e. The van der Waals surface area contributed by atoms with Crippen LogP contribution in [-0.4, -0.2) is 38.9 Å². The average molecular weight is 615 g/mol. The van der Waals surface area contributed by atoms with Crippen molar-refractivity contribution in [2.24, 2.45) is 10.7 Å². The monoisotopic (exact) mass is 613 g/mol. The summed E-state index contributed by atoms with van der Waals surface area (Å²) in [5.41, 5.74) is 7.33. The molecular weight excluding hydrogens is 589 g/mol. The summed E-state index contributed by atoms with van der Waals surface area (Å²) in [4.78, 5) is 54.9. The van der Waals surface area contributed by atoms with Crippen molar-refractivity contribution >= 4 is 52.5 Å². The molecular formula is C28H25Cl2N5O5S. The Bertz CT molecular complexity index is 1650. The first-order chi connectivity index (χ1) is 19.7. The second kappa shape index (κ2) is 14.0. The van der Waals surface area contributed by atoms with Crippen molar-refractivity contribution in [1.82, 2.24) is 13.8 Å². The maximum Gasteiger partial charge on any atom is 0.342 e. The molecule has 4 rings (SSSR count). The molecule has 1 atom stereocenters. The van der Waals surface area contributed by atoms with Crippen LogP contribution >= 0.6 is 34.7 Å². The predicted octanol–water partition coefficient (Wildman–Crippen LogP) is 2.99. The van der Waals surface area contributed by atoms with Crippen molar-refractivity contribution in [2.45, 2.75) is 25.7 Å². The van der Waals surface area contributed by atoms with Crippen LogP contribution in [0.3, 0.4) is 0 Å². The van der Waals surface area contributed by atoms with E-state index in [1.54, 1.807) is 36.4 Å². The third-order valence-electron chi connectivity index (χ3n) is 5.79. The standard InChI is InChI=1S/C28H25Cl2N5O5S/c29-21-10-6-19(7-11-21)16-35-28(39)34(27(41-35)33-25(37)20-8-12-22(30)13-9-20)17-40-24(36)15-32-26(38)23(31)14-18-4-2-1-3-5-18/h1-13,23H,14-17,31H2,(H,32,38)/t23-/m0/s1. The van der Waals surface area contributed by atoms with Crippen LogP contribution in [0.5, 0.6) is 0 Å². The quantitative estimate of drug-likeness (QED) is 0.264. The molecule has 0 saturated carbocycles. The van der Waals surface area contributed by atoms with E-state index in [2.05, 4.69) is 10.3 Å². The number of amides is 2. The van der Waals surface area contributed by atoms with Gasteiger partial charge in [-0.1, -0.05) is 65.7 Å². The first-order valence-corrected chi connectivity index (χ1v) is 13.9. The predicted molar refractivity (Wildman–Crippen MR) is 156 cm³/mol. The number of rotatable bonds is 10. The van der Waals surface area contributed by atoms with Crippen LogP contribution in [-0.2, 0) is 34.0 Å². The lowest BCUT2D eigenvalue weighted by Gasteiger charge is -2.12. The lowest BCUT2D eigenvalue weighted by molar-refractivity contribution is -0.147. The number of nitrogens with two attached hydrogens (primary N) is 1. The second-order valence-corrected chi connectivity index (χ2v) is 10.7. The third kappa shape index (κ3) is 8.48. The molecule has 0 radical (unpaired) electrons. The van der Waals surface area contributed by atoms with E-state index in [1.807, 2.05) is 30.3 Å². The van der Waals surface area contributed by atoms with Gasteiger partial charge in [-0.15, -0.1) is 0 Å². The Morgan fingerprint density at radius 1 is 0.927 bits per heavy atom. The van der Waals surface area contributed by atoms with Crippen molar-refractivity contribution in [2.75, 3.05) is 6.54 Å². The topological polar surface area (TPSA) is 138 Å². The molecule has 0 aliphatic carbocycles. The number of esters is 1. The summed E-state index contributed by atoms with van der Waals surface area (Å²) in [5, 5.41) is 3.44. The number of benzene rings is 3. The zero-order valence-corrected chi connectivity index (χ0v) is 23.9. The minimum atomic E-state index is -0.860. The van der Waals surface area contributed by atoms with Gasteiger partial charge in [-0.3, -0.25) is 14.4 Å². The maximum atomic E-state index is 13.2. The number of halogens is 2. The van der Waals surface area contributed by atoms with Crippen LogP contribution in [0.1, 0.15) is 21.5 Å². The molecule has 3 N–H and O–H groups in total. The van der Waals surface area contributed by atoms with E-state index in [0.29, 0.717) is 16.5 Å². The van der Waals surface area contributed by atoms with Gasteiger partial charge in [0.05, 0.1) is 12.6 Å². The molecule has 2 amide bonds. The average Bonchev–Trinajstić information content (AvgIpc) is 3.25. The fourth-order valence-electron chi connectivity index (χ4n) is 3.63. The van der Waals surface area contributed by atoms with E-state index in [0.717, 1.165) is 27.2 Å². The third-order valence-corrected chi connectivity index (χ3v) is 7.28. The fraction of sp³-hybridized carbons (Fsp3) is 0.179. The Morgan fingerprint density at radius 2 is 1.56 bits per heavy atom. The van der Waals surface area contributed by atoms with E-state index < -0.39 is 42.8 Å². The molecule has 0 fully saturated rings. The second-order valence-electron chi connectivity index (χ2n) is 8.83. The van der Waals surface area contributed by atoms with Gasteiger partial charge in [0.2, 0.25) is 10.7 Å².